The molecule has 0 saturated heterocycles. The number of esters is 1. The first-order chi connectivity index (χ1) is 12.6. The smallest absolute Gasteiger partial charge is 0.307 e. The van der Waals surface area contributed by atoms with Crippen LogP contribution in [-0.2, 0) is 9.53 Å². The molecule has 1 unspecified atom stereocenters. The molecule has 2 aromatic heterocycles. The van der Waals surface area contributed by atoms with Crippen LogP contribution in [0.5, 0.6) is 0 Å². The first kappa shape index (κ1) is 17.9. The topological polar surface area (TPSA) is 94.6 Å². The van der Waals surface area contributed by atoms with Gasteiger partial charge in [-0.3, -0.25) is 9.59 Å². The number of nitrogens with zero attached hydrogens (tertiary/aromatic N) is 1. The molecule has 0 fully saturated rings. The van der Waals surface area contributed by atoms with Gasteiger partial charge in [-0.15, -0.1) is 0 Å². The minimum absolute atomic E-state index is 0.0123. The molecule has 0 bridgehead atoms. The maximum atomic E-state index is 12.5. The molecule has 26 heavy (non-hydrogen) atoms. The van der Waals surface area contributed by atoms with Gasteiger partial charge in [0.2, 0.25) is 5.76 Å². The molecule has 3 aromatic rings. The van der Waals surface area contributed by atoms with Crippen LogP contribution in [0.15, 0.2) is 62.1 Å². The maximum Gasteiger partial charge on any atom is 0.307 e. The van der Waals surface area contributed by atoms with E-state index in [1.54, 1.807) is 12.1 Å². The Balaban J connectivity index is 1.79. The van der Waals surface area contributed by atoms with Crippen LogP contribution in [0, 0.1) is 0 Å². The molecule has 1 atom stereocenters. The van der Waals surface area contributed by atoms with Gasteiger partial charge < -0.3 is 19.0 Å². The van der Waals surface area contributed by atoms with E-state index in [4.69, 9.17) is 13.7 Å². The average Bonchev–Trinajstić information content (AvgIpc) is 3.32. The molecule has 0 radical (unpaired) electrons. The van der Waals surface area contributed by atoms with Gasteiger partial charge >= 0.3 is 5.97 Å². The monoisotopic (exact) mass is 418 g/mol. The van der Waals surface area contributed by atoms with Gasteiger partial charge in [0.25, 0.3) is 5.91 Å². The quantitative estimate of drug-likeness (QED) is 0.612. The van der Waals surface area contributed by atoms with Crippen LogP contribution < -0.4 is 5.32 Å². The molecule has 0 aliphatic carbocycles. The van der Waals surface area contributed by atoms with E-state index in [-0.39, 0.29) is 12.1 Å². The molecule has 3 rings (SSSR count). The Kier molecular flexibility index (Phi) is 5.52. The Hall–Kier alpha value is -2.87. The molecule has 1 amide bonds. The Labute approximate surface area is 157 Å². The molecule has 1 N–H and O–H groups in total. The molecule has 7 nitrogen and oxygen atoms in total. The van der Waals surface area contributed by atoms with Crippen molar-refractivity contribution >= 4 is 27.8 Å². The maximum absolute atomic E-state index is 12.5. The normalized spacial score (nSPS) is 11.8. The van der Waals surface area contributed by atoms with Crippen molar-refractivity contribution in [3.05, 3.63) is 64.5 Å². The lowest BCUT2D eigenvalue weighted by atomic mass is 10.0. The van der Waals surface area contributed by atoms with Crippen LogP contribution in [0.2, 0.25) is 0 Å². The molecule has 0 saturated carbocycles. The van der Waals surface area contributed by atoms with Gasteiger partial charge in [0.1, 0.15) is 0 Å². The highest BCUT2D eigenvalue weighted by Crippen LogP contribution is 2.23. The Morgan fingerprint density at radius 2 is 2.08 bits per heavy atom. The van der Waals surface area contributed by atoms with Crippen LogP contribution in [-0.4, -0.2) is 24.1 Å². The SMILES string of the molecule is COC(=O)CC(NC(=O)c1cc(-c2ccco2)on1)c1cccc(Br)c1. The predicted octanol–water partition coefficient (Wildman–Crippen LogP) is 3.73. The second-order valence-corrected chi connectivity index (χ2v) is 6.33. The highest BCUT2D eigenvalue weighted by Gasteiger charge is 2.22. The summed E-state index contributed by atoms with van der Waals surface area (Å²) in [5.41, 5.74) is 0.842. The molecular formula is C18H15BrN2O5. The number of benzene rings is 1. The zero-order valence-electron chi connectivity index (χ0n) is 13.8. The van der Waals surface area contributed by atoms with E-state index in [9.17, 15) is 9.59 Å². The lowest BCUT2D eigenvalue weighted by Gasteiger charge is -2.17. The number of furan rings is 1. The highest BCUT2D eigenvalue weighted by molar-refractivity contribution is 9.10. The third kappa shape index (κ3) is 4.20. The first-order valence-corrected chi connectivity index (χ1v) is 8.50. The summed E-state index contributed by atoms with van der Waals surface area (Å²) >= 11 is 3.38. The molecule has 2 heterocycles. The summed E-state index contributed by atoms with van der Waals surface area (Å²) < 4.78 is 15.9. The van der Waals surface area contributed by atoms with Gasteiger partial charge in [0.15, 0.2) is 11.5 Å². The molecular weight excluding hydrogens is 404 g/mol. The molecule has 8 heteroatoms. The minimum Gasteiger partial charge on any atom is -0.469 e. The zero-order chi connectivity index (χ0) is 18.5. The number of amides is 1. The third-order valence-electron chi connectivity index (χ3n) is 3.66. The summed E-state index contributed by atoms with van der Waals surface area (Å²) in [6.45, 7) is 0. The summed E-state index contributed by atoms with van der Waals surface area (Å²) in [7, 11) is 1.30. The van der Waals surface area contributed by atoms with Crippen molar-refractivity contribution in [2.24, 2.45) is 0 Å². The molecule has 134 valence electrons. The number of hydrogen-bond donors (Lipinski definition) is 1. The zero-order valence-corrected chi connectivity index (χ0v) is 15.4. The van der Waals surface area contributed by atoms with E-state index >= 15 is 0 Å². The van der Waals surface area contributed by atoms with Crippen molar-refractivity contribution in [1.82, 2.24) is 10.5 Å². The lowest BCUT2D eigenvalue weighted by molar-refractivity contribution is -0.141. The van der Waals surface area contributed by atoms with Crippen LogP contribution in [0.1, 0.15) is 28.5 Å². The van der Waals surface area contributed by atoms with E-state index in [1.165, 1.54) is 19.4 Å². The van der Waals surface area contributed by atoms with Crippen molar-refractivity contribution in [2.45, 2.75) is 12.5 Å². The Morgan fingerprint density at radius 1 is 1.23 bits per heavy atom. The summed E-state index contributed by atoms with van der Waals surface area (Å²) in [6, 6.07) is 11.6. The predicted molar refractivity (Wildman–Crippen MR) is 95.2 cm³/mol. The van der Waals surface area contributed by atoms with Gasteiger partial charge in [0, 0.05) is 10.5 Å². The number of hydrogen-bond acceptors (Lipinski definition) is 6. The summed E-state index contributed by atoms with van der Waals surface area (Å²) in [5.74, 6) is -0.103. The van der Waals surface area contributed by atoms with Crippen molar-refractivity contribution in [2.75, 3.05) is 7.11 Å². The van der Waals surface area contributed by atoms with Crippen LogP contribution >= 0.6 is 15.9 Å². The molecule has 0 spiro atoms. The van der Waals surface area contributed by atoms with Gasteiger partial charge in [-0.25, -0.2) is 0 Å². The fourth-order valence-corrected chi connectivity index (χ4v) is 2.79. The van der Waals surface area contributed by atoms with E-state index in [0.717, 1.165) is 10.0 Å². The Bertz CT molecular complexity index is 904. The van der Waals surface area contributed by atoms with Crippen LogP contribution in [0.25, 0.3) is 11.5 Å². The summed E-state index contributed by atoms with van der Waals surface area (Å²) in [6.07, 6.45) is 1.48. The van der Waals surface area contributed by atoms with Crippen LogP contribution in [0.3, 0.4) is 0 Å². The number of carbonyl (C=O) groups excluding carboxylic acids is 2. The summed E-state index contributed by atoms with van der Waals surface area (Å²) in [4.78, 5) is 24.3. The molecule has 1 aromatic carbocycles. The number of methoxy groups -OCH3 is 1. The fourth-order valence-electron chi connectivity index (χ4n) is 2.37. The minimum atomic E-state index is -0.573. The average molecular weight is 419 g/mol. The second kappa shape index (κ2) is 8.01. The van der Waals surface area contributed by atoms with Crippen molar-refractivity contribution in [1.29, 1.82) is 0 Å². The standard InChI is InChI=1S/C18H15BrN2O5/c1-24-17(22)10-13(11-4-2-5-12(19)8-11)20-18(23)14-9-16(26-21-14)15-6-3-7-25-15/h2-9,13H,10H2,1H3,(H,20,23). The number of carbonyl (C=O) groups is 2. The first-order valence-electron chi connectivity index (χ1n) is 7.70. The summed E-state index contributed by atoms with van der Waals surface area (Å²) in [5, 5.41) is 6.55. The van der Waals surface area contributed by atoms with Crippen molar-refractivity contribution in [3.63, 3.8) is 0 Å². The van der Waals surface area contributed by atoms with E-state index in [2.05, 4.69) is 26.4 Å². The van der Waals surface area contributed by atoms with Gasteiger partial charge in [-0.1, -0.05) is 33.2 Å². The number of halogens is 1. The number of aromatic nitrogens is 1. The largest absolute Gasteiger partial charge is 0.469 e. The van der Waals surface area contributed by atoms with E-state index < -0.39 is 17.9 Å². The second-order valence-electron chi connectivity index (χ2n) is 5.42. The number of nitrogens with one attached hydrogen (secondary N) is 1. The van der Waals surface area contributed by atoms with Gasteiger partial charge in [-0.05, 0) is 29.8 Å². The van der Waals surface area contributed by atoms with E-state index in [0.29, 0.717) is 11.5 Å². The number of ether oxygens (including phenoxy) is 1. The van der Waals surface area contributed by atoms with Crippen molar-refractivity contribution < 1.29 is 23.3 Å². The van der Waals surface area contributed by atoms with E-state index in [1.807, 2.05) is 24.3 Å². The fraction of sp³-hybridized carbons (Fsp3) is 0.167. The van der Waals surface area contributed by atoms with Gasteiger partial charge in [-0.2, -0.15) is 0 Å². The Morgan fingerprint density at radius 3 is 2.77 bits per heavy atom. The molecule has 0 aliphatic rings. The lowest BCUT2D eigenvalue weighted by Crippen LogP contribution is -2.30. The number of rotatable bonds is 6. The van der Waals surface area contributed by atoms with Gasteiger partial charge in [0.05, 0.1) is 25.8 Å². The van der Waals surface area contributed by atoms with Crippen molar-refractivity contribution in [3.8, 4) is 11.5 Å². The third-order valence-corrected chi connectivity index (χ3v) is 4.15. The highest BCUT2D eigenvalue weighted by atomic mass is 79.9. The van der Waals surface area contributed by atoms with Crippen LogP contribution in [0.4, 0.5) is 0 Å². The molecule has 0 aliphatic heterocycles.